The molecule has 0 aromatic heterocycles. The summed E-state index contributed by atoms with van der Waals surface area (Å²) in [6.45, 7) is -0.573. The molecule has 1 N–H and O–H groups in total. The van der Waals surface area contributed by atoms with Gasteiger partial charge in [0.15, 0.2) is 0 Å². The van der Waals surface area contributed by atoms with E-state index in [2.05, 4.69) is 5.32 Å². The molecule has 0 radical (unpaired) electrons. The topological polar surface area (TPSA) is 66.5 Å². The van der Waals surface area contributed by atoms with Crippen molar-refractivity contribution in [3.63, 3.8) is 0 Å². The van der Waals surface area contributed by atoms with E-state index in [9.17, 15) is 27.6 Å². The maximum Gasteiger partial charge on any atom is 0.418 e. The van der Waals surface area contributed by atoms with Crippen molar-refractivity contribution >= 4 is 23.4 Å². The van der Waals surface area contributed by atoms with Crippen molar-refractivity contribution in [1.82, 2.24) is 4.90 Å². The molecule has 136 valence electrons. The number of nitrogens with zero attached hydrogens (tertiary/aromatic N) is 1. The summed E-state index contributed by atoms with van der Waals surface area (Å²) < 4.78 is 39.0. The summed E-state index contributed by atoms with van der Waals surface area (Å²) >= 11 is 0. The molecule has 1 saturated heterocycles. The summed E-state index contributed by atoms with van der Waals surface area (Å²) in [4.78, 5) is 38.1. The summed E-state index contributed by atoms with van der Waals surface area (Å²) in [5, 5.41) is 2.17. The molecule has 0 unspecified atom stereocenters. The Balaban J connectivity index is 1.49. The maximum atomic E-state index is 13.0. The molecule has 0 spiro atoms. The van der Waals surface area contributed by atoms with Crippen molar-refractivity contribution in [2.45, 2.75) is 12.6 Å². The first-order chi connectivity index (χ1) is 12.3. The lowest BCUT2D eigenvalue weighted by molar-refractivity contribution is -0.143. The maximum absolute atomic E-state index is 13.0. The standard InChI is InChI=1S/C18H15F3N2O3/c19-18(20,21)11-3-1-2-4-12(11)22-13(24)8-23-16(25)14-9-5-6-10(7-9)15(14)17(23)26/h1-6,9-10,14-15H,7-8H2,(H,22,24)/t9-,10-,14-,15+/m1/s1. The highest BCUT2D eigenvalue weighted by atomic mass is 19.4. The molecule has 2 aliphatic carbocycles. The van der Waals surface area contributed by atoms with Crippen LogP contribution in [-0.4, -0.2) is 29.2 Å². The van der Waals surface area contributed by atoms with Crippen LogP contribution < -0.4 is 5.32 Å². The van der Waals surface area contributed by atoms with Gasteiger partial charge >= 0.3 is 6.18 Å². The molecule has 3 amide bonds. The fourth-order valence-corrected chi connectivity index (χ4v) is 4.29. The van der Waals surface area contributed by atoms with Crippen LogP contribution in [-0.2, 0) is 20.6 Å². The number of imide groups is 1. The highest BCUT2D eigenvalue weighted by molar-refractivity contribution is 6.09. The third-order valence-corrected chi connectivity index (χ3v) is 5.37. The van der Waals surface area contributed by atoms with Crippen molar-refractivity contribution in [3.8, 4) is 0 Å². The Kier molecular flexibility index (Phi) is 3.68. The smallest absolute Gasteiger partial charge is 0.324 e. The van der Waals surface area contributed by atoms with Crippen LogP contribution in [0.2, 0.25) is 0 Å². The molecule has 4 rings (SSSR count). The molecule has 2 fully saturated rings. The molecule has 26 heavy (non-hydrogen) atoms. The van der Waals surface area contributed by atoms with Crippen LogP contribution in [0.3, 0.4) is 0 Å². The second-order valence-electron chi connectivity index (χ2n) is 6.85. The number of allylic oxidation sites excluding steroid dienone is 2. The first-order valence-corrected chi connectivity index (χ1v) is 8.27. The molecule has 1 aliphatic heterocycles. The Hall–Kier alpha value is -2.64. The van der Waals surface area contributed by atoms with Crippen LogP contribution in [0, 0.1) is 23.7 Å². The van der Waals surface area contributed by atoms with E-state index in [1.807, 2.05) is 12.2 Å². The number of carbonyl (C=O) groups is 3. The normalized spacial score (nSPS) is 29.4. The lowest BCUT2D eigenvalue weighted by Gasteiger charge is -2.18. The first kappa shape index (κ1) is 16.8. The van der Waals surface area contributed by atoms with E-state index in [1.54, 1.807) is 0 Å². The molecule has 1 saturated carbocycles. The molecule has 5 nitrogen and oxygen atoms in total. The van der Waals surface area contributed by atoms with E-state index in [0.717, 1.165) is 23.5 Å². The number of nitrogens with one attached hydrogen (secondary N) is 1. The van der Waals surface area contributed by atoms with Gasteiger partial charge in [-0.25, -0.2) is 0 Å². The fourth-order valence-electron chi connectivity index (χ4n) is 4.29. The number of alkyl halides is 3. The van der Waals surface area contributed by atoms with Crippen molar-refractivity contribution in [2.75, 3.05) is 11.9 Å². The van der Waals surface area contributed by atoms with Gasteiger partial charge in [0.05, 0.1) is 23.1 Å². The monoisotopic (exact) mass is 364 g/mol. The number of carbonyl (C=O) groups excluding carboxylic acids is 3. The van der Waals surface area contributed by atoms with Crippen molar-refractivity contribution < 1.29 is 27.6 Å². The van der Waals surface area contributed by atoms with Crippen molar-refractivity contribution in [3.05, 3.63) is 42.0 Å². The lowest BCUT2D eigenvalue weighted by atomic mass is 9.85. The minimum absolute atomic E-state index is 0.0143. The fraction of sp³-hybridized carbons (Fsp3) is 0.389. The number of likely N-dealkylation sites (tertiary alicyclic amines) is 1. The number of para-hydroxylation sites is 1. The van der Waals surface area contributed by atoms with Gasteiger partial charge in [-0.15, -0.1) is 0 Å². The molecular weight excluding hydrogens is 349 g/mol. The van der Waals surface area contributed by atoms with Crippen LogP contribution in [0.4, 0.5) is 18.9 Å². The van der Waals surface area contributed by atoms with Gasteiger partial charge < -0.3 is 5.32 Å². The van der Waals surface area contributed by atoms with Gasteiger partial charge in [-0.3, -0.25) is 19.3 Å². The zero-order valence-electron chi connectivity index (χ0n) is 13.5. The average Bonchev–Trinajstić information content (AvgIpc) is 3.24. The molecule has 1 heterocycles. The number of hydrogen-bond donors (Lipinski definition) is 1. The summed E-state index contributed by atoms with van der Waals surface area (Å²) in [5.74, 6) is -2.49. The molecule has 8 heteroatoms. The van der Waals surface area contributed by atoms with Gasteiger partial charge in [0.25, 0.3) is 0 Å². The zero-order chi connectivity index (χ0) is 18.6. The Labute approximate surface area is 146 Å². The summed E-state index contributed by atoms with van der Waals surface area (Å²) in [7, 11) is 0. The third-order valence-electron chi connectivity index (χ3n) is 5.37. The minimum Gasteiger partial charge on any atom is -0.324 e. The van der Waals surface area contributed by atoms with Gasteiger partial charge in [0.2, 0.25) is 17.7 Å². The Morgan fingerprint density at radius 1 is 1.08 bits per heavy atom. The largest absolute Gasteiger partial charge is 0.418 e. The van der Waals surface area contributed by atoms with Crippen molar-refractivity contribution in [2.24, 2.45) is 23.7 Å². The SMILES string of the molecule is O=C(CN1C(=O)[C@@H]2[C@H](C1=O)[C@@H]1C=C[C@@H]2C1)Nc1ccccc1C(F)(F)F. The van der Waals surface area contributed by atoms with E-state index in [-0.39, 0.29) is 11.8 Å². The van der Waals surface area contributed by atoms with Gasteiger partial charge in [0.1, 0.15) is 6.54 Å². The van der Waals surface area contributed by atoms with Crippen LogP contribution in [0.5, 0.6) is 0 Å². The number of benzene rings is 1. The lowest BCUT2D eigenvalue weighted by Crippen LogP contribution is -2.39. The van der Waals surface area contributed by atoms with E-state index in [1.165, 1.54) is 12.1 Å². The second kappa shape index (κ2) is 5.69. The zero-order valence-corrected chi connectivity index (χ0v) is 13.5. The third kappa shape index (κ3) is 2.51. The quantitative estimate of drug-likeness (QED) is 0.662. The predicted molar refractivity (Wildman–Crippen MR) is 84.5 cm³/mol. The minimum atomic E-state index is -4.62. The van der Waals surface area contributed by atoms with E-state index < -0.39 is 53.5 Å². The highest BCUT2D eigenvalue weighted by Gasteiger charge is 2.59. The summed E-state index contributed by atoms with van der Waals surface area (Å²) in [6.07, 6.45) is 0.0111. The van der Waals surface area contributed by atoms with Gasteiger partial charge in [0, 0.05) is 0 Å². The molecule has 1 aromatic carbocycles. The molecular formula is C18H15F3N2O3. The Bertz CT molecular complexity index is 803. The molecule has 2 bridgehead atoms. The number of halogens is 3. The van der Waals surface area contributed by atoms with Gasteiger partial charge in [-0.1, -0.05) is 24.3 Å². The average molecular weight is 364 g/mol. The second-order valence-corrected chi connectivity index (χ2v) is 6.85. The molecule has 4 atom stereocenters. The van der Waals surface area contributed by atoms with Gasteiger partial charge in [-0.05, 0) is 30.4 Å². The summed E-state index contributed by atoms with van der Waals surface area (Å²) in [6, 6.07) is 4.57. The van der Waals surface area contributed by atoms with Crippen LogP contribution >= 0.6 is 0 Å². The van der Waals surface area contributed by atoms with E-state index in [4.69, 9.17) is 0 Å². The number of hydrogen-bond acceptors (Lipinski definition) is 3. The van der Waals surface area contributed by atoms with Gasteiger partial charge in [-0.2, -0.15) is 13.2 Å². The van der Waals surface area contributed by atoms with E-state index >= 15 is 0 Å². The summed E-state index contributed by atoms with van der Waals surface area (Å²) in [5.41, 5.74) is -1.38. The number of amides is 3. The highest BCUT2D eigenvalue weighted by Crippen LogP contribution is 2.52. The molecule has 3 aliphatic rings. The van der Waals surface area contributed by atoms with E-state index in [0.29, 0.717) is 0 Å². The number of fused-ring (bicyclic) bond motifs is 5. The van der Waals surface area contributed by atoms with Crippen LogP contribution in [0.15, 0.2) is 36.4 Å². The Morgan fingerprint density at radius 2 is 1.65 bits per heavy atom. The number of anilines is 1. The predicted octanol–water partition coefficient (Wildman–Crippen LogP) is 2.45. The Morgan fingerprint density at radius 3 is 2.23 bits per heavy atom. The van der Waals surface area contributed by atoms with Crippen LogP contribution in [0.25, 0.3) is 0 Å². The van der Waals surface area contributed by atoms with Crippen molar-refractivity contribution in [1.29, 1.82) is 0 Å². The number of rotatable bonds is 3. The first-order valence-electron chi connectivity index (χ1n) is 8.27. The molecule has 1 aromatic rings. The van der Waals surface area contributed by atoms with Crippen LogP contribution in [0.1, 0.15) is 12.0 Å².